The molecule has 17 heavy (non-hydrogen) atoms. The number of fused-ring (bicyclic) bond motifs is 1. The van der Waals surface area contributed by atoms with Crippen molar-refractivity contribution in [1.29, 1.82) is 0 Å². The van der Waals surface area contributed by atoms with Crippen LogP contribution in [0.5, 0.6) is 5.75 Å². The van der Waals surface area contributed by atoms with Gasteiger partial charge in [0, 0.05) is 31.6 Å². The van der Waals surface area contributed by atoms with Gasteiger partial charge in [0.2, 0.25) is 0 Å². The van der Waals surface area contributed by atoms with Crippen LogP contribution in [0.3, 0.4) is 0 Å². The van der Waals surface area contributed by atoms with E-state index in [0.717, 1.165) is 24.5 Å². The molecule has 3 rings (SSSR count). The van der Waals surface area contributed by atoms with E-state index in [4.69, 9.17) is 0 Å². The van der Waals surface area contributed by atoms with E-state index < -0.39 is 0 Å². The van der Waals surface area contributed by atoms with Crippen molar-refractivity contribution in [2.75, 3.05) is 30.4 Å². The highest BCUT2D eigenvalue weighted by atomic mass is 16.3. The van der Waals surface area contributed by atoms with Crippen molar-refractivity contribution in [3.63, 3.8) is 0 Å². The lowest BCUT2D eigenvalue weighted by molar-refractivity contribution is 0.330. The van der Waals surface area contributed by atoms with Crippen molar-refractivity contribution < 1.29 is 5.11 Å². The Hall–Kier alpha value is -1.38. The fourth-order valence-corrected chi connectivity index (χ4v) is 3.37. The number of benzene rings is 1. The quantitative estimate of drug-likeness (QED) is 0.675. The Balaban J connectivity index is 1.94. The van der Waals surface area contributed by atoms with Gasteiger partial charge in [-0.05, 0) is 25.0 Å². The first-order valence-electron chi connectivity index (χ1n) is 6.47. The summed E-state index contributed by atoms with van der Waals surface area (Å²) < 4.78 is 0. The van der Waals surface area contributed by atoms with Gasteiger partial charge in [0.15, 0.2) is 0 Å². The topological polar surface area (TPSA) is 35.5 Å². The Kier molecular flexibility index (Phi) is 2.42. The largest absolute Gasteiger partial charge is 0.508 e. The Labute approximate surface area is 102 Å². The lowest BCUT2D eigenvalue weighted by Gasteiger charge is -2.31. The van der Waals surface area contributed by atoms with Crippen molar-refractivity contribution in [2.45, 2.75) is 25.7 Å². The maximum absolute atomic E-state index is 9.60. The maximum Gasteiger partial charge on any atom is 0.117 e. The van der Waals surface area contributed by atoms with Crippen LogP contribution in [-0.2, 0) is 0 Å². The monoisotopic (exact) mass is 232 g/mol. The summed E-state index contributed by atoms with van der Waals surface area (Å²) in [5.74, 6) is 0.347. The first-order valence-corrected chi connectivity index (χ1v) is 6.47. The van der Waals surface area contributed by atoms with Crippen LogP contribution >= 0.6 is 0 Å². The first-order chi connectivity index (χ1) is 8.19. The zero-order valence-corrected chi connectivity index (χ0v) is 10.4. The molecule has 2 N–H and O–H groups in total. The molecule has 1 spiro atoms. The molecule has 0 bridgehead atoms. The van der Waals surface area contributed by atoms with Gasteiger partial charge in [-0.3, -0.25) is 0 Å². The van der Waals surface area contributed by atoms with Gasteiger partial charge in [0.05, 0.1) is 11.4 Å². The molecule has 0 amide bonds. The van der Waals surface area contributed by atoms with Crippen molar-refractivity contribution in [2.24, 2.45) is 5.41 Å². The maximum atomic E-state index is 9.60. The number of hydrogen-bond acceptors (Lipinski definition) is 3. The minimum absolute atomic E-state index is 0.347. The summed E-state index contributed by atoms with van der Waals surface area (Å²) in [4.78, 5) is 2.29. The normalized spacial score (nSPS) is 22.1. The molecule has 3 heteroatoms. The summed E-state index contributed by atoms with van der Waals surface area (Å²) in [6.45, 7) is 2.16. The average molecular weight is 232 g/mol. The van der Waals surface area contributed by atoms with Crippen LogP contribution in [0.25, 0.3) is 0 Å². The molecule has 0 radical (unpaired) electrons. The Bertz CT molecular complexity index is 424. The number of phenolic OH excluding ortho intramolecular Hbond substituents is 1. The third-order valence-corrected chi connectivity index (χ3v) is 4.28. The standard InChI is InChI=1S/C14H20N2O/c1-16-10-14(6-2-3-7-14)9-15-12-5-4-11(17)8-13(12)16/h4-5,8,15,17H,2-3,6-7,9-10H2,1H3. The number of nitrogens with zero attached hydrogens (tertiary/aromatic N) is 1. The smallest absolute Gasteiger partial charge is 0.117 e. The summed E-state index contributed by atoms with van der Waals surface area (Å²) >= 11 is 0. The van der Waals surface area contributed by atoms with Crippen molar-refractivity contribution >= 4 is 11.4 Å². The van der Waals surface area contributed by atoms with E-state index in [1.54, 1.807) is 6.07 Å². The predicted octanol–water partition coefficient (Wildman–Crippen LogP) is 2.81. The highest BCUT2D eigenvalue weighted by Gasteiger charge is 2.37. The van der Waals surface area contributed by atoms with E-state index in [1.807, 2.05) is 12.1 Å². The molecule has 3 nitrogen and oxygen atoms in total. The third kappa shape index (κ3) is 1.84. The second kappa shape index (κ2) is 3.83. The van der Waals surface area contributed by atoms with Gasteiger partial charge in [-0.2, -0.15) is 0 Å². The fraction of sp³-hybridized carbons (Fsp3) is 0.571. The van der Waals surface area contributed by atoms with E-state index in [9.17, 15) is 5.11 Å². The molecule has 0 unspecified atom stereocenters. The first kappa shape index (κ1) is 10.8. The van der Waals surface area contributed by atoms with Crippen molar-refractivity contribution in [3.8, 4) is 5.75 Å². The molecule has 1 fully saturated rings. The molecule has 1 aromatic carbocycles. The summed E-state index contributed by atoms with van der Waals surface area (Å²) in [6, 6.07) is 5.59. The Morgan fingerprint density at radius 2 is 2.06 bits per heavy atom. The Morgan fingerprint density at radius 1 is 1.29 bits per heavy atom. The second-order valence-corrected chi connectivity index (χ2v) is 5.62. The van der Waals surface area contributed by atoms with E-state index in [2.05, 4.69) is 17.3 Å². The van der Waals surface area contributed by atoms with E-state index in [0.29, 0.717) is 11.2 Å². The van der Waals surface area contributed by atoms with Crippen LogP contribution in [0, 0.1) is 5.41 Å². The van der Waals surface area contributed by atoms with Gasteiger partial charge in [0.25, 0.3) is 0 Å². The summed E-state index contributed by atoms with van der Waals surface area (Å²) in [5, 5.41) is 13.2. The second-order valence-electron chi connectivity index (χ2n) is 5.62. The molecule has 1 aliphatic heterocycles. The predicted molar refractivity (Wildman–Crippen MR) is 70.8 cm³/mol. The number of phenols is 1. The van der Waals surface area contributed by atoms with Crippen LogP contribution < -0.4 is 10.2 Å². The van der Waals surface area contributed by atoms with Gasteiger partial charge in [-0.25, -0.2) is 0 Å². The van der Waals surface area contributed by atoms with E-state index in [-0.39, 0.29) is 0 Å². The molecular formula is C14H20N2O. The average Bonchev–Trinajstić information content (AvgIpc) is 2.71. The molecule has 2 aliphatic rings. The van der Waals surface area contributed by atoms with Gasteiger partial charge in [0.1, 0.15) is 5.75 Å². The molecule has 1 saturated carbocycles. The van der Waals surface area contributed by atoms with Crippen LogP contribution in [0.4, 0.5) is 11.4 Å². The SMILES string of the molecule is CN1CC2(CCCC2)CNc2ccc(O)cc21. The van der Waals surface area contributed by atoms with Crippen LogP contribution in [0.2, 0.25) is 0 Å². The van der Waals surface area contributed by atoms with Gasteiger partial charge < -0.3 is 15.3 Å². The Morgan fingerprint density at radius 3 is 2.82 bits per heavy atom. The van der Waals surface area contributed by atoms with Crippen LogP contribution in [0.1, 0.15) is 25.7 Å². The van der Waals surface area contributed by atoms with Crippen LogP contribution in [0.15, 0.2) is 18.2 Å². The van der Waals surface area contributed by atoms with Crippen molar-refractivity contribution in [1.82, 2.24) is 0 Å². The number of aromatic hydroxyl groups is 1. The number of nitrogens with one attached hydrogen (secondary N) is 1. The highest BCUT2D eigenvalue weighted by Crippen LogP contribution is 2.43. The summed E-state index contributed by atoms with van der Waals surface area (Å²) in [6.07, 6.45) is 5.36. The molecule has 1 heterocycles. The molecule has 1 aliphatic carbocycles. The van der Waals surface area contributed by atoms with Gasteiger partial charge >= 0.3 is 0 Å². The molecule has 0 atom stereocenters. The summed E-state index contributed by atoms with van der Waals surface area (Å²) in [7, 11) is 2.13. The zero-order chi connectivity index (χ0) is 11.9. The van der Waals surface area contributed by atoms with E-state index >= 15 is 0 Å². The molecule has 92 valence electrons. The third-order valence-electron chi connectivity index (χ3n) is 4.28. The highest BCUT2D eigenvalue weighted by molar-refractivity contribution is 5.72. The minimum Gasteiger partial charge on any atom is -0.508 e. The van der Waals surface area contributed by atoms with Crippen molar-refractivity contribution in [3.05, 3.63) is 18.2 Å². The molecule has 0 saturated heterocycles. The molecular weight excluding hydrogens is 212 g/mol. The zero-order valence-electron chi connectivity index (χ0n) is 10.4. The lowest BCUT2D eigenvalue weighted by atomic mass is 9.86. The number of rotatable bonds is 0. The number of anilines is 2. The minimum atomic E-state index is 0.347. The molecule has 1 aromatic rings. The van der Waals surface area contributed by atoms with Crippen LogP contribution in [-0.4, -0.2) is 25.2 Å². The van der Waals surface area contributed by atoms with E-state index in [1.165, 1.54) is 25.7 Å². The lowest BCUT2D eigenvalue weighted by Crippen LogP contribution is -2.36. The fourth-order valence-electron chi connectivity index (χ4n) is 3.37. The number of hydrogen-bond donors (Lipinski definition) is 2. The van der Waals surface area contributed by atoms with Gasteiger partial charge in [-0.15, -0.1) is 0 Å². The summed E-state index contributed by atoms with van der Waals surface area (Å²) in [5.41, 5.74) is 2.70. The molecule has 0 aromatic heterocycles. The van der Waals surface area contributed by atoms with Gasteiger partial charge in [-0.1, -0.05) is 12.8 Å².